The van der Waals surface area contributed by atoms with E-state index < -0.39 is 5.97 Å². The minimum atomic E-state index is -0.445. The average Bonchev–Trinajstić information content (AvgIpc) is 3.45. The summed E-state index contributed by atoms with van der Waals surface area (Å²) in [5, 5.41) is 13.4. The first-order valence-electron chi connectivity index (χ1n) is 12.0. The Morgan fingerprint density at radius 1 is 0.971 bits per heavy atom. The molecule has 5 rings (SSSR count). The molecule has 0 radical (unpaired) electrons. The number of esters is 1. The highest BCUT2D eigenvalue weighted by Crippen LogP contribution is 2.24. The van der Waals surface area contributed by atoms with Gasteiger partial charge in [-0.1, -0.05) is 42.5 Å². The molecule has 0 N–H and O–H groups in total. The van der Waals surface area contributed by atoms with E-state index in [1.54, 1.807) is 11.8 Å². The van der Waals surface area contributed by atoms with Gasteiger partial charge in [0, 0.05) is 37.3 Å². The Morgan fingerprint density at radius 3 is 2.40 bits per heavy atom. The lowest BCUT2D eigenvalue weighted by Crippen LogP contribution is -2.39. The molecule has 0 bridgehead atoms. The molecule has 0 spiro atoms. The summed E-state index contributed by atoms with van der Waals surface area (Å²) in [7, 11) is 0. The van der Waals surface area contributed by atoms with Gasteiger partial charge in [0.25, 0.3) is 0 Å². The number of amides is 1. The molecule has 2 aromatic carbocycles. The molecule has 1 amide bonds. The Balaban J connectivity index is 1.31. The summed E-state index contributed by atoms with van der Waals surface area (Å²) in [4.78, 5) is 28.9. The fourth-order valence-electron chi connectivity index (χ4n) is 4.53. The highest BCUT2D eigenvalue weighted by molar-refractivity contribution is 5.89. The van der Waals surface area contributed by atoms with Crippen molar-refractivity contribution in [1.29, 1.82) is 0 Å². The molecule has 0 atom stereocenters. The highest BCUT2D eigenvalue weighted by Gasteiger charge is 2.31. The van der Waals surface area contributed by atoms with Crippen LogP contribution in [-0.2, 0) is 42.0 Å². The Labute approximate surface area is 203 Å². The van der Waals surface area contributed by atoms with Crippen LogP contribution in [0.5, 0.6) is 0 Å². The number of fused-ring (bicyclic) bond motifs is 2. The zero-order chi connectivity index (χ0) is 24.2. The van der Waals surface area contributed by atoms with Crippen LogP contribution in [0.4, 0.5) is 0 Å². The summed E-state index contributed by atoms with van der Waals surface area (Å²) in [5.41, 5.74) is 4.87. The Kier molecular flexibility index (Phi) is 6.56. The number of benzene rings is 2. The van der Waals surface area contributed by atoms with Crippen LogP contribution in [0, 0.1) is 0 Å². The minimum Gasteiger partial charge on any atom is -0.461 e. The van der Waals surface area contributed by atoms with Crippen molar-refractivity contribution in [3.8, 4) is 0 Å². The van der Waals surface area contributed by atoms with Crippen molar-refractivity contribution in [2.75, 3.05) is 13.2 Å². The number of nitrogens with zero attached hydrogens (tertiary/aromatic N) is 6. The van der Waals surface area contributed by atoms with Crippen LogP contribution >= 0.6 is 0 Å². The molecule has 0 saturated carbocycles. The van der Waals surface area contributed by atoms with Gasteiger partial charge in [0.1, 0.15) is 17.6 Å². The molecule has 180 valence electrons. The number of ether oxygens (including phenoxy) is 1. The molecule has 35 heavy (non-hydrogen) atoms. The van der Waals surface area contributed by atoms with Crippen LogP contribution in [-0.4, -0.2) is 54.7 Å². The lowest BCUT2D eigenvalue weighted by atomic mass is 10.0. The highest BCUT2D eigenvalue weighted by atomic mass is 16.5. The van der Waals surface area contributed by atoms with Crippen molar-refractivity contribution in [1.82, 2.24) is 29.7 Å². The second-order valence-electron chi connectivity index (χ2n) is 8.59. The van der Waals surface area contributed by atoms with Gasteiger partial charge in [0.15, 0.2) is 5.69 Å². The SMILES string of the molecule is CCOC(=O)c1nn(CCCc2ccccc2)c2c1CN(C(=O)Cn1nc3ccccc3n1)CC2. The van der Waals surface area contributed by atoms with Gasteiger partial charge in [0.2, 0.25) is 5.91 Å². The summed E-state index contributed by atoms with van der Waals surface area (Å²) >= 11 is 0. The monoisotopic (exact) mass is 472 g/mol. The van der Waals surface area contributed by atoms with E-state index >= 15 is 0 Å². The molecule has 1 aliphatic rings. The van der Waals surface area contributed by atoms with E-state index in [1.807, 2.05) is 47.1 Å². The van der Waals surface area contributed by atoms with Gasteiger partial charge >= 0.3 is 5.97 Å². The summed E-state index contributed by atoms with van der Waals surface area (Å²) in [5.74, 6) is -0.539. The van der Waals surface area contributed by atoms with E-state index in [9.17, 15) is 9.59 Å². The number of aromatic nitrogens is 5. The number of rotatable bonds is 8. The van der Waals surface area contributed by atoms with Gasteiger partial charge in [0.05, 0.1) is 6.61 Å². The van der Waals surface area contributed by atoms with Gasteiger partial charge < -0.3 is 9.64 Å². The first kappa shape index (κ1) is 22.8. The smallest absolute Gasteiger partial charge is 0.359 e. The zero-order valence-electron chi connectivity index (χ0n) is 19.8. The molecule has 3 heterocycles. The Morgan fingerprint density at radius 2 is 1.69 bits per heavy atom. The number of carbonyl (C=O) groups is 2. The first-order chi connectivity index (χ1) is 17.1. The van der Waals surface area contributed by atoms with Gasteiger partial charge in [-0.2, -0.15) is 20.1 Å². The van der Waals surface area contributed by atoms with Crippen molar-refractivity contribution in [2.45, 2.75) is 45.8 Å². The molecule has 2 aromatic heterocycles. The normalized spacial score (nSPS) is 13.1. The van der Waals surface area contributed by atoms with E-state index in [2.05, 4.69) is 27.4 Å². The van der Waals surface area contributed by atoms with Crippen LogP contribution in [0.3, 0.4) is 0 Å². The number of aryl methyl sites for hydroxylation is 2. The fourth-order valence-corrected chi connectivity index (χ4v) is 4.53. The van der Waals surface area contributed by atoms with Gasteiger partial charge in [-0.15, -0.1) is 0 Å². The lowest BCUT2D eigenvalue weighted by Gasteiger charge is -2.27. The minimum absolute atomic E-state index is 0.0456. The maximum absolute atomic E-state index is 13.1. The number of hydrogen-bond acceptors (Lipinski definition) is 6. The van der Waals surface area contributed by atoms with E-state index in [1.165, 1.54) is 10.4 Å². The molecule has 0 fully saturated rings. The summed E-state index contributed by atoms with van der Waals surface area (Å²) in [6.07, 6.45) is 2.47. The maximum atomic E-state index is 13.1. The summed E-state index contributed by atoms with van der Waals surface area (Å²) in [6.45, 7) is 3.67. The van der Waals surface area contributed by atoms with Gasteiger partial charge in [-0.25, -0.2) is 4.79 Å². The summed E-state index contributed by atoms with van der Waals surface area (Å²) in [6, 6.07) is 17.8. The molecular weight excluding hydrogens is 444 g/mol. The van der Waals surface area contributed by atoms with Crippen LogP contribution in [0.15, 0.2) is 54.6 Å². The van der Waals surface area contributed by atoms with E-state index in [0.29, 0.717) is 31.7 Å². The quantitative estimate of drug-likeness (QED) is 0.366. The molecule has 9 heteroatoms. The number of carbonyl (C=O) groups excluding carboxylic acids is 2. The fraction of sp³-hybridized carbons (Fsp3) is 0.346. The van der Waals surface area contributed by atoms with E-state index in [4.69, 9.17) is 4.74 Å². The third-order valence-corrected chi connectivity index (χ3v) is 6.24. The standard InChI is InChI=1S/C26H28N6O3/c1-2-35-26(34)25-20-17-30(24(33)18-32-27-21-12-6-7-13-22(21)28-32)16-14-23(20)31(29-25)15-8-11-19-9-4-3-5-10-19/h3-7,9-10,12-13H,2,8,11,14-18H2,1H3. The Hall–Kier alpha value is -4.01. The molecule has 0 unspecified atom stereocenters. The maximum Gasteiger partial charge on any atom is 0.359 e. The molecular formula is C26H28N6O3. The second kappa shape index (κ2) is 10.1. The van der Waals surface area contributed by atoms with Crippen LogP contribution in [0.1, 0.15) is 40.7 Å². The summed E-state index contributed by atoms with van der Waals surface area (Å²) < 4.78 is 7.19. The van der Waals surface area contributed by atoms with Gasteiger partial charge in [-0.05, 0) is 37.5 Å². The van der Waals surface area contributed by atoms with Crippen LogP contribution < -0.4 is 0 Å². The average molecular weight is 473 g/mol. The molecule has 0 saturated heterocycles. The topological polar surface area (TPSA) is 95.1 Å². The third kappa shape index (κ3) is 4.94. The van der Waals surface area contributed by atoms with Crippen molar-refractivity contribution in [3.63, 3.8) is 0 Å². The van der Waals surface area contributed by atoms with Crippen LogP contribution in [0.2, 0.25) is 0 Å². The Bertz CT molecular complexity index is 1310. The molecule has 0 aliphatic carbocycles. The van der Waals surface area contributed by atoms with Gasteiger partial charge in [-0.3, -0.25) is 9.48 Å². The molecule has 1 aliphatic heterocycles. The zero-order valence-corrected chi connectivity index (χ0v) is 19.8. The largest absolute Gasteiger partial charge is 0.461 e. The van der Waals surface area contributed by atoms with Crippen LogP contribution in [0.25, 0.3) is 11.0 Å². The molecule has 9 nitrogen and oxygen atoms in total. The van der Waals surface area contributed by atoms with E-state index in [0.717, 1.165) is 35.1 Å². The van der Waals surface area contributed by atoms with Crippen molar-refractivity contribution in [2.24, 2.45) is 0 Å². The number of hydrogen-bond donors (Lipinski definition) is 0. The lowest BCUT2D eigenvalue weighted by molar-refractivity contribution is -0.133. The van der Waals surface area contributed by atoms with Crippen molar-refractivity contribution < 1.29 is 14.3 Å². The van der Waals surface area contributed by atoms with E-state index in [-0.39, 0.29) is 19.1 Å². The first-order valence-corrected chi connectivity index (χ1v) is 12.0. The molecule has 4 aromatic rings. The second-order valence-corrected chi connectivity index (χ2v) is 8.59. The predicted molar refractivity (Wildman–Crippen MR) is 130 cm³/mol. The van der Waals surface area contributed by atoms with Crippen molar-refractivity contribution in [3.05, 3.63) is 77.1 Å². The van der Waals surface area contributed by atoms with Crippen molar-refractivity contribution >= 4 is 22.9 Å². The third-order valence-electron chi connectivity index (χ3n) is 6.24. The predicted octanol–water partition coefficient (Wildman–Crippen LogP) is 3.02.